The molecular weight excluding hydrogens is 162 g/mol. The van der Waals surface area contributed by atoms with E-state index in [4.69, 9.17) is 0 Å². The second-order valence-corrected chi connectivity index (χ2v) is 3.53. The Balaban J connectivity index is 2.82. The van der Waals surface area contributed by atoms with Gasteiger partial charge in [-0.05, 0) is 25.0 Å². The van der Waals surface area contributed by atoms with E-state index in [0.29, 0.717) is 0 Å². The molecule has 0 radical (unpaired) electrons. The molecule has 72 valence electrons. The van der Waals surface area contributed by atoms with Crippen molar-refractivity contribution in [3.8, 4) is 0 Å². The Bertz CT molecular complexity index is 273. The van der Waals surface area contributed by atoms with E-state index in [2.05, 4.69) is 11.9 Å². The number of rotatable bonds is 3. The predicted octanol–water partition coefficient (Wildman–Crippen LogP) is 2.47. The highest BCUT2D eigenvalue weighted by molar-refractivity contribution is 5.12. The molecule has 2 unspecified atom stereocenters. The van der Waals surface area contributed by atoms with E-state index in [1.54, 1.807) is 0 Å². The maximum absolute atomic E-state index is 9.85. The largest absolute Gasteiger partial charge is 0.387 e. The normalized spacial score (nSPS) is 15.4. The summed E-state index contributed by atoms with van der Waals surface area (Å²) < 4.78 is 0. The number of aliphatic hydroxyl groups excluding tert-OH is 1. The number of aromatic nitrogens is 1. The Morgan fingerprint density at radius 3 is 2.69 bits per heavy atom. The van der Waals surface area contributed by atoms with Crippen molar-refractivity contribution in [1.82, 2.24) is 4.98 Å². The van der Waals surface area contributed by atoms with Crippen molar-refractivity contribution in [1.29, 1.82) is 0 Å². The minimum atomic E-state index is -0.426. The summed E-state index contributed by atoms with van der Waals surface area (Å²) in [5.74, 6) is 0.272. The van der Waals surface area contributed by atoms with Gasteiger partial charge in [0.2, 0.25) is 0 Å². The van der Waals surface area contributed by atoms with Gasteiger partial charge in [-0.15, -0.1) is 0 Å². The van der Waals surface area contributed by atoms with Crippen LogP contribution in [0.5, 0.6) is 0 Å². The molecule has 0 aliphatic heterocycles. The van der Waals surface area contributed by atoms with Crippen molar-refractivity contribution in [2.45, 2.75) is 33.3 Å². The Morgan fingerprint density at radius 1 is 1.46 bits per heavy atom. The highest BCUT2D eigenvalue weighted by atomic mass is 16.3. The third kappa shape index (κ3) is 2.52. The number of nitrogens with zero attached hydrogens (tertiary/aromatic N) is 1. The average molecular weight is 179 g/mol. The lowest BCUT2D eigenvalue weighted by Gasteiger charge is -2.16. The SMILES string of the molecule is CCC(C)C(O)c1cccc(C)n1. The van der Waals surface area contributed by atoms with Gasteiger partial charge in [-0.25, -0.2) is 0 Å². The van der Waals surface area contributed by atoms with Gasteiger partial charge in [0, 0.05) is 5.69 Å². The lowest BCUT2D eigenvalue weighted by Crippen LogP contribution is -2.10. The fourth-order valence-corrected chi connectivity index (χ4v) is 1.24. The lowest BCUT2D eigenvalue weighted by molar-refractivity contribution is 0.111. The summed E-state index contributed by atoms with van der Waals surface area (Å²) in [5.41, 5.74) is 1.74. The van der Waals surface area contributed by atoms with Gasteiger partial charge in [0.1, 0.15) is 0 Å². The minimum absolute atomic E-state index is 0.272. The van der Waals surface area contributed by atoms with Crippen LogP contribution >= 0.6 is 0 Å². The Morgan fingerprint density at radius 2 is 2.15 bits per heavy atom. The molecule has 0 aliphatic rings. The van der Waals surface area contributed by atoms with E-state index in [9.17, 15) is 5.11 Å². The Hall–Kier alpha value is -0.890. The molecule has 13 heavy (non-hydrogen) atoms. The van der Waals surface area contributed by atoms with E-state index >= 15 is 0 Å². The van der Waals surface area contributed by atoms with Gasteiger partial charge in [0.15, 0.2) is 0 Å². The van der Waals surface area contributed by atoms with Gasteiger partial charge in [-0.2, -0.15) is 0 Å². The topological polar surface area (TPSA) is 33.1 Å². The van der Waals surface area contributed by atoms with Crippen LogP contribution in [0.3, 0.4) is 0 Å². The van der Waals surface area contributed by atoms with Crippen LogP contribution in [0, 0.1) is 12.8 Å². The quantitative estimate of drug-likeness (QED) is 0.773. The molecule has 0 fully saturated rings. The van der Waals surface area contributed by atoms with Crippen LogP contribution in [-0.4, -0.2) is 10.1 Å². The first-order valence-corrected chi connectivity index (χ1v) is 4.76. The minimum Gasteiger partial charge on any atom is -0.387 e. The molecule has 0 saturated carbocycles. The van der Waals surface area contributed by atoms with E-state index in [1.807, 2.05) is 32.0 Å². The number of aliphatic hydroxyl groups is 1. The van der Waals surface area contributed by atoms with Gasteiger partial charge < -0.3 is 5.11 Å². The average Bonchev–Trinajstić information content (AvgIpc) is 2.15. The summed E-state index contributed by atoms with van der Waals surface area (Å²) in [6.07, 6.45) is 0.543. The third-order valence-corrected chi connectivity index (χ3v) is 2.40. The standard InChI is InChI=1S/C11H17NO/c1-4-8(2)11(13)10-7-5-6-9(3)12-10/h5-8,11,13H,4H2,1-3H3. The molecule has 1 aromatic heterocycles. The first kappa shape index (κ1) is 10.2. The lowest BCUT2D eigenvalue weighted by atomic mass is 9.99. The van der Waals surface area contributed by atoms with Crippen LogP contribution in [0.25, 0.3) is 0 Å². The van der Waals surface area contributed by atoms with Crippen LogP contribution in [0.4, 0.5) is 0 Å². The van der Waals surface area contributed by atoms with Gasteiger partial charge >= 0.3 is 0 Å². The van der Waals surface area contributed by atoms with Crippen LogP contribution < -0.4 is 0 Å². The zero-order valence-electron chi connectivity index (χ0n) is 8.49. The summed E-state index contributed by atoms with van der Waals surface area (Å²) in [6.45, 7) is 6.05. The van der Waals surface area contributed by atoms with Crippen molar-refractivity contribution in [3.05, 3.63) is 29.6 Å². The molecule has 2 atom stereocenters. The Kier molecular flexibility index (Phi) is 3.43. The molecule has 0 aromatic carbocycles. The summed E-state index contributed by atoms with van der Waals surface area (Å²) in [5, 5.41) is 9.85. The molecule has 1 rings (SSSR count). The fraction of sp³-hybridized carbons (Fsp3) is 0.545. The smallest absolute Gasteiger partial charge is 0.0985 e. The van der Waals surface area contributed by atoms with Gasteiger partial charge in [0.25, 0.3) is 0 Å². The maximum Gasteiger partial charge on any atom is 0.0985 e. The summed E-state index contributed by atoms with van der Waals surface area (Å²) in [7, 11) is 0. The van der Waals surface area contributed by atoms with E-state index in [1.165, 1.54) is 0 Å². The van der Waals surface area contributed by atoms with Gasteiger partial charge in [0.05, 0.1) is 11.8 Å². The first-order chi connectivity index (χ1) is 6.15. The van der Waals surface area contributed by atoms with Crippen molar-refractivity contribution >= 4 is 0 Å². The second kappa shape index (κ2) is 4.38. The van der Waals surface area contributed by atoms with Crippen LogP contribution in [0.1, 0.15) is 37.8 Å². The molecular formula is C11H17NO. The van der Waals surface area contributed by atoms with Gasteiger partial charge in [-0.3, -0.25) is 4.98 Å². The number of hydrogen-bond acceptors (Lipinski definition) is 2. The molecule has 0 spiro atoms. The molecule has 0 amide bonds. The zero-order chi connectivity index (χ0) is 9.84. The molecule has 0 saturated heterocycles. The molecule has 1 aromatic rings. The number of aryl methyl sites for hydroxylation is 1. The molecule has 1 heterocycles. The van der Waals surface area contributed by atoms with E-state index < -0.39 is 6.10 Å². The van der Waals surface area contributed by atoms with Crippen LogP contribution in [-0.2, 0) is 0 Å². The monoisotopic (exact) mass is 179 g/mol. The van der Waals surface area contributed by atoms with Crippen molar-refractivity contribution in [2.75, 3.05) is 0 Å². The van der Waals surface area contributed by atoms with Gasteiger partial charge in [-0.1, -0.05) is 26.3 Å². The molecule has 0 aliphatic carbocycles. The van der Waals surface area contributed by atoms with E-state index in [-0.39, 0.29) is 5.92 Å². The summed E-state index contributed by atoms with van der Waals surface area (Å²) >= 11 is 0. The zero-order valence-corrected chi connectivity index (χ0v) is 8.49. The first-order valence-electron chi connectivity index (χ1n) is 4.76. The number of pyridine rings is 1. The Labute approximate surface area is 79.6 Å². The second-order valence-electron chi connectivity index (χ2n) is 3.53. The van der Waals surface area contributed by atoms with Crippen LogP contribution in [0.2, 0.25) is 0 Å². The van der Waals surface area contributed by atoms with Crippen molar-refractivity contribution in [2.24, 2.45) is 5.92 Å². The van der Waals surface area contributed by atoms with Crippen molar-refractivity contribution < 1.29 is 5.11 Å². The van der Waals surface area contributed by atoms with Crippen LogP contribution in [0.15, 0.2) is 18.2 Å². The highest BCUT2D eigenvalue weighted by Crippen LogP contribution is 2.22. The van der Waals surface area contributed by atoms with E-state index in [0.717, 1.165) is 17.8 Å². The van der Waals surface area contributed by atoms with Crippen molar-refractivity contribution in [3.63, 3.8) is 0 Å². The predicted molar refractivity (Wildman–Crippen MR) is 53.4 cm³/mol. The highest BCUT2D eigenvalue weighted by Gasteiger charge is 2.15. The maximum atomic E-state index is 9.85. The molecule has 1 N–H and O–H groups in total. The molecule has 2 heteroatoms. The summed E-state index contributed by atoms with van der Waals surface area (Å²) in [4.78, 5) is 4.29. The molecule has 0 bridgehead atoms. The number of hydrogen-bond donors (Lipinski definition) is 1. The molecule has 2 nitrogen and oxygen atoms in total. The third-order valence-electron chi connectivity index (χ3n) is 2.40. The summed E-state index contributed by atoms with van der Waals surface area (Å²) in [6, 6.07) is 5.75. The fourth-order valence-electron chi connectivity index (χ4n) is 1.24.